The third-order valence-corrected chi connectivity index (χ3v) is 10.8. The van der Waals surface area contributed by atoms with Crippen molar-refractivity contribution in [1.82, 2.24) is 0 Å². The molecule has 0 bridgehead atoms. The second-order valence-corrected chi connectivity index (χ2v) is 13.7. The number of fused-ring (bicyclic) bond motifs is 11. The van der Waals surface area contributed by atoms with Crippen molar-refractivity contribution in [3.05, 3.63) is 175 Å². The first kappa shape index (κ1) is 29.2. The van der Waals surface area contributed by atoms with E-state index in [-0.39, 0.29) is 0 Å². The highest BCUT2D eigenvalue weighted by molar-refractivity contribution is 6.34. The van der Waals surface area contributed by atoms with Gasteiger partial charge in [-0.15, -0.1) is 0 Å². The molecule has 0 unspecified atom stereocenters. The highest BCUT2D eigenvalue weighted by Crippen LogP contribution is 2.56. The van der Waals surface area contributed by atoms with Crippen molar-refractivity contribution in [2.24, 2.45) is 0 Å². The Morgan fingerprint density at radius 2 is 0.865 bits per heavy atom. The van der Waals surface area contributed by atoms with Crippen molar-refractivity contribution in [2.45, 2.75) is 0 Å². The quantitative estimate of drug-likeness (QED) is 0.185. The molecule has 0 aliphatic carbocycles. The summed E-state index contributed by atoms with van der Waals surface area (Å²) >= 11 is 7.18. The zero-order valence-corrected chi connectivity index (χ0v) is 28.6. The van der Waals surface area contributed by atoms with Crippen LogP contribution in [0.25, 0.3) is 88.4 Å². The van der Waals surface area contributed by atoms with E-state index in [2.05, 4.69) is 138 Å². The van der Waals surface area contributed by atoms with Crippen molar-refractivity contribution in [2.75, 3.05) is 4.90 Å². The number of nitrogens with zero attached hydrogens (tertiary/aromatic N) is 1. The van der Waals surface area contributed by atoms with Crippen molar-refractivity contribution >= 4 is 72.5 Å². The Bertz CT molecular complexity index is 3040. The third kappa shape index (κ3) is 4.21. The molecule has 1 aliphatic rings. The molecule has 0 fully saturated rings. The molecule has 11 rings (SSSR count). The lowest BCUT2D eigenvalue weighted by Crippen LogP contribution is -2.13. The summed E-state index contributed by atoms with van der Waals surface area (Å²) in [5.41, 5.74) is 15.5. The summed E-state index contributed by atoms with van der Waals surface area (Å²) in [4.78, 5) is 2.36. The van der Waals surface area contributed by atoms with Gasteiger partial charge in [-0.3, -0.25) is 0 Å². The van der Waals surface area contributed by atoms with Gasteiger partial charge >= 0.3 is 0 Å². The molecule has 10 aromatic rings. The van der Waals surface area contributed by atoms with Gasteiger partial charge in [0.1, 0.15) is 22.3 Å². The SMILES string of the molecule is Clc1ccccc1N1c2ccc(-c3cccc4oc5ccccc5c34)cc2-c2ccccc2-c2cccc(-c3cccc4oc5ccccc5c34)c21. The van der Waals surface area contributed by atoms with E-state index in [1.807, 2.05) is 36.4 Å². The number of para-hydroxylation sites is 4. The predicted octanol–water partition coefficient (Wildman–Crippen LogP) is 14.6. The minimum Gasteiger partial charge on any atom is -0.456 e. The van der Waals surface area contributed by atoms with Gasteiger partial charge in [0.05, 0.1) is 22.1 Å². The van der Waals surface area contributed by atoms with E-state index < -0.39 is 0 Å². The van der Waals surface area contributed by atoms with Crippen LogP contribution in [0, 0.1) is 0 Å². The Morgan fingerprint density at radius 1 is 0.365 bits per heavy atom. The van der Waals surface area contributed by atoms with E-state index in [1.54, 1.807) is 0 Å². The van der Waals surface area contributed by atoms with Gasteiger partial charge in [0.2, 0.25) is 0 Å². The molecule has 8 aromatic carbocycles. The fourth-order valence-electron chi connectivity index (χ4n) is 8.30. The molecule has 0 N–H and O–H groups in total. The average Bonchev–Trinajstić information content (AvgIpc) is 3.74. The second-order valence-electron chi connectivity index (χ2n) is 13.3. The number of benzene rings is 8. The van der Waals surface area contributed by atoms with Crippen molar-refractivity contribution in [3.63, 3.8) is 0 Å². The van der Waals surface area contributed by atoms with Crippen molar-refractivity contribution < 1.29 is 8.83 Å². The third-order valence-electron chi connectivity index (χ3n) is 10.5. The minimum atomic E-state index is 0.672. The zero-order valence-electron chi connectivity index (χ0n) is 27.8. The normalized spacial score (nSPS) is 12.3. The van der Waals surface area contributed by atoms with E-state index in [9.17, 15) is 0 Å². The summed E-state index contributed by atoms with van der Waals surface area (Å²) in [6.07, 6.45) is 0. The molecule has 0 radical (unpaired) electrons. The van der Waals surface area contributed by atoms with Crippen molar-refractivity contribution in [3.8, 4) is 44.5 Å². The molecule has 52 heavy (non-hydrogen) atoms. The molecule has 0 saturated carbocycles. The molecule has 0 saturated heterocycles. The lowest BCUT2D eigenvalue weighted by molar-refractivity contribution is 0.668. The molecule has 0 spiro atoms. The summed E-state index contributed by atoms with van der Waals surface area (Å²) < 4.78 is 12.7. The highest BCUT2D eigenvalue weighted by Gasteiger charge is 2.31. The summed E-state index contributed by atoms with van der Waals surface area (Å²) in [5, 5.41) is 5.09. The highest BCUT2D eigenvalue weighted by atomic mass is 35.5. The molecule has 0 atom stereocenters. The van der Waals surface area contributed by atoms with Gasteiger partial charge < -0.3 is 13.7 Å². The van der Waals surface area contributed by atoms with Crippen molar-refractivity contribution in [1.29, 1.82) is 0 Å². The standard InChI is InChI=1S/C48H28ClNO2/c49-39-20-5-6-21-41(39)50-40-27-26-29(30-16-10-24-44-46(30)36-14-3-7-22-42(36)51-44)28-38(40)32-13-2-1-12-31(32)34-18-9-19-35(48(34)50)33-17-11-25-45-47(33)37-15-4-8-23-43(37)52-45/h1-28H. The number of furan rings is 2. The molecule has 3 nitrogen and oxygen atoms in total. The van der Waals surface area contributed by atoms with Crippen LogP contribution in [-0.4, -0.2) is 0 Å². The van der Waals surface area contributed by atoms with Crippen LogP contribution in [0.3, 0.4) is 0 Å². The fourth-order valence-corrected chi connectivity index (χ4v) is 8.52. The summed E-state index contributed by atoms with van der Waals surface area (Å²) in [6.45, 7) is 0. The van der Waals surface area contributed by atoms with Crippen LogP contribution in [0.5, 0.6) is 0 Å². The topological polar surface area (TPSA) is 29.5 Å². The molecule has 1 aliphatic heterocycles. The maximum absolute atomic E-state index is 7.18. The van der Waals surface area contributed by atoms with Crippen LogP contribution < -0.4 is 4.90 Å². The molecule has 244 valence electrons. The first-order valence-electron chi connectivity index (χ1n) is 17.5. The summed E-state index contributed by atoms with van der Waals surface area (Å²) in [7, 11) is 0. The largest absolute Gasteiger partial charge is 0.456 e. The predicted molar refractivity (Wildman–Crippen MR) is 216 cm³/mol. The zero-order chi connectivity index (χ0) is 34.3. The van der Waals surface area contributed by atoms with Crippen LogP contribution in [0.15, 0.2) is 179 Å². The molecule has 0 amide bonds. The van der Waals surface area contributed by atoms with Gasteiger partial charge in [0, 0.05) is 38.2 Å². The van der Waals surface area contributed by atoms with E-state index in [0.29, 0.717) is 5.02 Å². The Morgan fingerprint density at radius 3 is 1.58 bits per heavy atom. The Balaban J connectivity index is 1.24. The Hall–Kier alpha value is -6.55. The first-order chi connectivity index (χ1) is 25.7. The van der Waals surface area contributed by atoms with Crippen LogP contribution >= 0.6 is 11.6 Å². The molecular weight excluding hydrogens is 658 g/mol. The van der Waals surface area contributed by atoms with Crippen LogP contribution in [0.4, 0.5) is 17.1 Å². The number of anilines is 3. The number of rotatable bonds is 3. The van der Waals surface area contributed by atoms with Crippen LogP contribution in [0.2, 0.25) is 5.02 Å². The molecular formula is C48H28ClNO2. The minimum absolute atomic E-state index is 0.672. The lowest BCUT2D eigenvalue weighted by atomic mass is 9.90. The maximum Gasteiger partial charge on any atom is 0.136 e. The first-order valence-corrected chi connectivity index (χ1v) is 17.8. The van der Waals surface area contributed by atoms with E-state index in [1.165, 1.54) is 0 Å². The van der Waals surface area contributed by atoms with Gasteiger partial charge in [-0.1, -0.05) is 133 Å². The lowest BCUT2D eigenvalue weighted by Gasteiger charge is -2.30. The van der Waals surface area contributed by atoms with Gasteiger partial charge in [-0.05, 0) is 76.3 Å². The molecule has 3 heterocycles. The van der Waals surface area contributed by atoms with Gasteiger partial charge in [-0.2, -0.15) is 0 Å². The van der Waals surface area contributed by atoms with Crippen LogP contribution in [-0.2, 0) is 0 Å². The Kier molecular flexibility index (Phi) is 6.31. The van der Waals surface area contributed by atoms with Gasteiger partial charge in [-0.25, -0.2) is 0 Å². The number of hydrogen-bond acceptors (Lipinski definition) is 3. The summed E-state index contributed by atoms with van der Waals surface area (Å²) in [5.74, 6) is 0. The van der Waals surface area contributed by atoms with E-state index in [0.717, 1.165) is 105 Å². The van der Waals surface area contributed by atoms with Gasteiger partial charge in [0.25, 0.3) is 0 Å². The smallest absolute Gasteiger partial charge is 0.136 e. The molecule has 4 heteroatoms. The van der Waals surface area contributed by atoms with E-state index in [4.69, 9.17) is 20.4 Å². The molecule has 2 aromatic heterocycles. The monoisotopic (exact) mass is 685 g/mol. The average molecular weight is 686 g/mol. The maximum atomic E-state index is 7.18. The van der Waals surface area contributed by atoms with Gasteiger partial charge in [0.15, 0.2) is 0 Å². The number of hydrogen-bond donors (Lipinski definition) is 0. The van der Waals surface area contributed by atoms with E-state index >= 15 is 0 Å². The fraction of sp³-hybridized carbons (Fsp3) is 0. The second kappa shape index (κ2) is 11.2. The number of halogens is 1. The summed E-state index contributed by atoms with van der Waals surface area (Å²) in [6, 6.07) is 59.6. The Labute approximate surface area is 304 Å². The van der Waals surface area contributed by atoms with Crippen LogP contribution in [0.1, 0.15) is 0 Å².